The van der Waals surface area contributed by atoms with Crippen molar-refractivity contribution in [2.24, 2.45) is 5.92 Å². The molecule has 4 heteroatoms. The van der Waals surface area contributed by atoms with Crippen LogP contribution < -0.4 is 0 Å². The van der Waals surface area contributed by atoms with Crippen molar-refractivity contribution in [3.05, 3.63) is 0 Å². The highest BCUT2D eigenvalue weighted by Crippen LogP contribution is 2.29. The van der Waals surface area contributed by atoms with Crippen molar-refractivity contribution in [1.82, 2.24) is 4.90 Å². The van der Waals surface area contributed by atoms with Crippen LogP contribution in [0.5, 0.6) is 0 Å². The van der Waals surface area contributed by atoms with E-state index in [0.29, 0.717) is 13.0 Å². The molecule has 0 radical (unpaired) electrons. The Balaban J connectivity index is 2.63. The second-order valence-corrected chi connectivity index (χ2v) is 6.08. The van der Waals surface area contributed by atoms with Gasteiger partial charge < -0.3 is 9.64 Å². The molecule has 16 heavy (non-hydrogen) atoms. The summed E-state index contributed by atoms with van der Waals surface area (Å²) in [6.07, 6.45) is 0.0923. The SMILES string of the molecule is CC1CN(C(=O)OC(C)(C)C)CC(C)(F)C1. The Labute approximate surface area is 96.9 Å². The number of likely N-dealkylation sites (tertiary alicyclic amines) is 1. The molecule has 0 aromatic rings. The molecular weight excluding hydrogens is 209 g/mol. The summed E-state index contributed by atoms with van der Waals surface area (Å²) in [5.74, 6) is 0.177. The molecule has 1 aliphatic rings. The first kappa shape index (κ1) is 13.3. The van der Waals surface area contributed by atoms with Crippen molar-refractivity contribution in [3.8, 4) is 0 Å². The second-order valence-electron chi connectivity index (χ2n) is 6.08. The van der Waals surface area contributed by atoms with Crippen LogP contribution in [0.4, 0.5) is 9.18 Å². The second kappa shape index (κ2) is 4.22. The minimum atomic E-state index is -1.30. The molecule has 0 saturated carbocycles. The van der Waals surface area contributed by atoms with Crippen LogP contribution in [0.25, 0.3) is 0 Å². The van der Waals surface area contributed by atoms with E-state index in [2.05, 4.69) is 0 Å². The fourth-order valence-electron chi connectivity index (χ4n) is 2.16. The molecule has 2 unspecified atom stereocenters. The van der Waals surface area contributed by atoms with Gasteiger partial charge >= 0.3 is 6.09 Å². The summed E-state index contributed by atoms with van der Waals surface area (Å²) < 4.78 is 19.2. The number of piperidine rings is 1. The molecule has 1 heterocycles. The minimum Gasteiger partial charge on any atom is -0.444 e. The van der Waals surface area contributed by atoms with Gasteiger partial charge in [-0.05, 0) is 40.0 Å². The summed E-state index contributed by atoms with van der Waals surface area (Å²) in [7, 11) is 0. The summed E-state index contributed by atoms with van der Waals surface area (Å²) in [6, 6.07) is 0. The Hall–Kier alpha value is -0.800. The largest absolute Gasteiger partial charge is 0.444 e. The number of ether oxygens (including phenoxy) is 1. The van der Waals surface area contributed by atoms with Gasteiger partial charge in [0.05, 0.1) is 6.54 Å². The number of hydrogen-bond acceptors (Lipinski definition) is 2. The zero-order chi connectivity index (χ0) is 12.6. The number of carbonyl (C=O) groups excluding carboxylic acids is 1. The number of halogens is 1. The standard InChI is InChI=1S/C12H22FNO2/c1-9-6-12(5,13)8-14(7-9)10(15)16-11(2,3)4/h9H,6-8H2,1-5H3. The monoisotopic (exact) mass is 231 g/mol. The first-order valence-electron chi connectivity index (χ1n) is 5.76. The van der Waals surface area contributed by atoms with Gasteiger partial charge in [0, 0.05) is 6.54 Å². The Morgan fingerprint density at radius 2 is 2.06 bits per heavy atom. The molecule has 0 aromatic carbocycles. The molecule has 1 rings (SSSR count). The van der Waals surface area contributed by atoms with E-state index < -0.39 is 17.4 Å². The van der Waals surface area contributed by atoms with Crippen LogP contribution in [0.2, 0.25) is 0 Å². The van der Waals surface area contributed by atoms with Gasteiger partial charge in [0.2, 0.25) is 0 Å². The smallest absolute Gasteiger partial charge is 0.410 e. The van der Waals surface area contributed by atoms with Crippen LogP contribution in [0.3, 0.4) is 0 Å². The molecule has 1 saturated heterocycles. The van der Waals surface area contributed by atoms with Gasteiger partial charge in [-0.15, -0.1) is 0 Å². The summed E-state index contributed by atoms with van der Waals surface area (Å²) in [6.45, 7) is 9.64. The van der Waals surface area contributed by atoms with Crippen molar-refractivity contribution < 1.29 is 13.9 Å². The molecule has 0 spiro atoms. The van der Waals surface area contributed by atoms with Gasteiger partial charge in [-0.25, -0.2) is 9.18 Å². The lowest BCUT2D eigenvalue weighted by molar-refractivity contribution is -0.0118. The van der Waals surface area contributed by atoms with E-state index in [1.165, 1.54) is 4.90 Å². The van der Waals surface area contributed by atoms with E-state index in [0.717, 1.165) is 0 Å². The summed E-state index contributed by atoms with van der Waals surface area (Å²) in [5.41, 5.74) is -1.82. The van der Waals surface area contributed by atoms with E-state index >= 15 is 0 Å². The lowest BCUT2D eigenvalue weighted by Gasteiger charge is -2.39. The normalized spacial score (nSPS) is 31.4. The van der Waals surface area contributed by atoms with Crippen LogP contribution in [-0.2, 0) is 4.74 Å². The van der Waals surface area contributed by atoms with Crippen molar-refractivity contribution in [2.45, 2.75) is 52.3 Å². The number of carbonyl (C=O) groups is 1. The van der Waals surface area contributed by atoms with E-state index in [1.54, 1.807) is 6.92 Å². The molecular formula is C12H22FNO2. The van der Waals surface area contributed by atoms with Crippen molar-refractivity contribution in [2.75, 3.05) is 13.1 Å². The Bertz CT molecular complexity index is 271. The summed E-state index contributed by atoms with van der Waals surface area (Å²) >= 11 is 0. The van der Waals surface area contributed by atoms with Gasteiger partial charge in [0.15, 0.2) is 0 Å². The molecule has 1 fully saturated rings. The summed E-state index contributed by atoms with van der Waals surface area (Å²) in [4.78, 5) is 13.3. The maximum Gasteiger partial charge on any atom is 0.410 e. The highest BCUT2D eigenvalue weighted by atomic mass is 19.1. The topological polar surface area (TPSA) is 29.5 Å². The van der Waals surface area contributed by atoms with Gasteiger partial charge in [-0.2, -0.15) is 0 Å². The van der Waals surface area contributed by atoms with Gasteiger partial charge in [0.25, 0.3) is 0 Å². The molecule has 1 amide bonds. The summed E-state index contributed by atoms with van der Waals surface area (Å²) in [5, 5.41) is 0. The lowest BCUT2D eigenvalue weighted by Crippen LogP contribution is -2.50. The molecule has 1 aliphatic heterocycles. The van der Waals surface area contributed by atoms with Crippen molar-refractivity contribution >= 4 is 6.09 Å². The van der Waals surface area contributed by atoms with E-state index in [1.807, 2.05) is 27.7 Å². The Morgan fingerprint density at radius 1 is 1.50 bits per heavy atom. The predicted octanol–water partition coefficient (Wildman–Crippen LogP) is 2.99. The number of nitrogens with zero attached hydrogens (tertiary/aromatic N) is 1. The average molecular weight is 231 g/mol. The first-order chi connectivity index (χ1) is 7.09. The quantitative estimate of drug-likeness (QED) is 0.641. The van der Waals surface area contributed by atoms with E-state index in [-0.39, 0.29) is 12.5 Å². The Kier molecular flexibility index (Phi) is 3.50. The van der Waals surface area contributed by atoms with Crippen LogP contribution in [-0.4, -0.2) is 35.4 Å². The molecule has 0 bridgehead atoms. The zero-order valence-electron chi connectivity index (χ0n) is 10.8. The third-order valence-corrected chi connectivity index (χ3v) is 2.48. The van der Waals surface area contributed by atoms with Gasteiger partial charge in [0.1, 0.15) is 11.3 Å². The minimum absolute atomic E-state index is 0.131. The third-order valence-electron chi connectivity index (χ3n) is 2.48. The molecule has 3 nitrogen and oxygen atoms in total. The average Bonchev–Trinajstić information content (AvgIpc) is 1.96. The number of rotatable bonds is 0. The van der Waals surface area contributed by atoms with Gasteiger partial charge in [-0.1, -0.05) is 6.92 Å². The number of alkyl halides is 1. The maximum atomic E-state index is 13.9. The lowest BCUT2D eigenvalue weighted by atomic mass is 9.90. The molecule has 2 atom stereocenters. The Morgan fingerprint density at radius 3 is 2.50 bits per heavy atom. The van der Waals surface area contributed by atoms with Crippen LogP contribution in [0, 0.1) is 5.92 Å². The van der Waals surface area contributed by atoms with Crippen molar-refractivity contribution in [3.63, 3.8) is 0 Å². The first-order valence-corrected chi connectivity index (χ1v) is 5.76. The van der Waals surface area contributed by atoms with Gasteiger partial charge in [-0.3, -0.25) is 0 Å². The molecule has 0 N–H and O–H groups in total. The highest BCUT2D eigenvalue weighted by molar-refractivity contribution is 5.68. The van der Waals surface area contributed by atoms with Crippen molar-refractivity contribution in [1.29, 1.82) is 0 Å². The van der Waals surface area contributed by atoms with Crippen LogP contribution in [0.15, 0.2) is 0 Å². The highest BCUT2D eigenvalue weighted by Gasteiger charge is 2.37. The van der Waals surface area contributed by atoms with Crippen LogP contribution >= 0.6 is 0 Å². The van der Waals surface area contributed by atoms with E-state index in [9.17, 15) is 9.18 Å². The molecule has 0 aromatic heterocycles. The fourth-order valence-corrected chi connectivity index (χ4v) is 2.16. The predicted molar refractivity (Wildman–Crippen MR) is 61.1 cm³/mol. The van der Waals surface area contributed by atoms with E-state index in [4.69, 9.17) is 4.74 Å². The maximum absolute atomic E-state index is 13.9. The molecule has 0 aliphatic carbocycles. The zero-order valence-corrected chi connectivity index (χ0v) is 10.8. The number of amides is 1. The third kappa shape index (κ3) is 3.99. The number of hydrogen-bond donors (Lipinski definition) is 0. The van der Waals surface area contributed by atoms with Crippen LogP contribution in [0.1, 0.15) is 41.0 Å². The molecule has 94 valence electrons. The fraction of sp³-hybridized carbons (Fsp3) is 0.917.